The summed E-state index contributed by atoms with van der Waals surface area (Å²) >= 11 is 1.56. The molecule has 2 amide bonds. The Morgan fingerprint density at radius 3 is 2.88 bits per heavy atom. The number of thiazole rings is 1. The van der Waals surface area contributed by atoms with Gasteiger partial charge in [0.05, 0.1) is 12.2 Å². The minimum absolute atomic E-state index is 0.0394. The monoisotopic (exact) mass is 361 g/mol. The van der Waals surface area contributed by atoms with Crippen molar-refractivity contribution in [2.45, 2.75) is 53.3 Å². The Labute approximate surface area is 154 Å². The molecule has 0 saturated carbocycles. The van der Waals surface area contributed by atoms with E-state index >= 15 is 0 Å². The molecule has 0 aliphatic heterocycles. The van der Waals surface area contributed by atoms with Crippen LogP contribution in [0.2, 0.25) is 0 Å². The number of nitrogens with zero attached hydrogens (tertiary/aromatic N) is 2. The Morgan fingerprint density at radius 2 is 2.20 bits per heavy atom. The summed E-state index contributed by atoms with van der Waals surface area (Å²) in [6.07, 6.45) is 0.907. The second kappa shape index (κ2) is 9.42. The van der Waals surface area contributed by atoms with Crippen molar-refractivity contribution in [2.75, 3.05) is 6.54 Å². The summed E-state index contributed by atoms with van der Waals surface area (Å²) in [6.45, 7) is 9.69. The van der Waals surface area contributed by atoms with Gasteiger partial charge in [-0.2, -0.15) is 0 Å². The van der Waals surface area contributed by atoms with E-state index in [2.05, 4.69) is 24.1 Å². The predicted molar refractivity (Wildman–Crippen MR) is 102 cm³/mol. The van der Waals surface area contributed by atoms with Crippen LogP contribution in [0.1, 0.15) is 43.5 Å². The molecule has 6 heteroatoms. The lowest BCUT2D eigenvalue weighted by Gasteiger charge is -2.27. The number of aryl methyl sites for hydroxylation is 1. The fourth-order valence-electron chi connectivity index (χ4n) is 2.41. The summed E-state index contributed by atoms with van der Waals surface area (Å²) in [6, 6.07) is 8.10. The number of benzene rings is 1. The van der Waals surface area contributed by atoms with Crippen molar-refractivity contribution < 1.29 is 9.53 Å². The third-order valence-electron chi connectivity index (χ3n) is 4.00. The van der Waals surface area contributed by atoms with Gasteiger partial charge in [0.25, 0.3) is 0 Å². The molecule has 1 heterocycles. The highest BCUT2D eigenvalue weighted by Gasteiger charge is 2.19. The summed E-state index contributed by atoms with van der Waals surface area (Å²) in [7, 11) is 0. The van der Waals surface area contributed by atoms with Gasteiger partial charge in [0, 0.05) is 18.0 Å². The summed E-state index contributed by atoms with van der Waals surface area (Å²) < 4.78 is 5.80. The number of hydrogen-bond donors (Lipinski definition) is 1. The third kappa shape index (κ3) is 5.74. The Balaban J connectivity index is 1.97. The molecular formula is C19H27N3O2S. The van der Waals surface area contributed by atoms with Gasteiger partial charge < -0.3 is 15.0 Å². The summed E-state index contributed by atoms with van der Waals surface area (Å²) in [5.41, 5.74) is 2.07. The first kappa shape index (κ1) is 19.2. The summed E-state index contributed by atoms with van der Waals surface area (Å²) in [5.74, 6) is 0.848. The van der Waals surface area contributed by atoms with Gasteiger partial charge >= 0.3 is 6.03 Å². The molecule has 136 valence electrons. The largest absolute Gasteiger partial charge is 0.486 e. The van der Waals surface area contributed by atoms with Crippen LogP contribution in [0.15, 0.2) is 29.6 Å². The molecule has 0 fully saturated rings. The van der Waals surface area contributed by atoms with E-state index in [1.54, 1.807) is 11.3 Å². The van der Waals surface area contributed by atoms with E-state index in [0.717, 1.165) is 22.9 Å². The SMILES string of the molecule is CCNC(=O)N(Cc1csc(COc2cccc(C)c2)n1)[C@H](C)CC. The van der Waals surface area contributed by atoms with Gasteiger partial charge in [-0.05, 0) is 44.9 Å². The zero-order valence-electron chi connectivity index (χ0n) is 15.4. The van der Waals surface area contributed by atoms with E-state index in [4.69, 9.17) is 4.74 Å². The molecule has 0 unspecified atom stereocenters. The molecular weight excluding hydrogens is 334 g/mol. The maximum Gasteiger partial charge on any atom is 0.317 e. The highest BCUT2D eigenvalue weighted by molar-refractivity contribution is 7.09. The van der Waals surface area contributed by atoms with Crippen molar-refractivity contribution in [1.29, 1.82) is 0 Å². The normalized spacial score (nSPS) is 11.8. The molecule has 0 bridgehead atoms. The molecule has 1 aromatic heterocycles. The topological polar surface area (TPSA) is 54.5 Å². The number of urea groups is 1. The first-order valence-corrected chi connectivity index (χ1v) is 9.58. The van der Waals surface area contributed by atoms with Crippen molar-refractivity contribution in [3.8, 4) is 5.75 Å². The molecule has 2 rings (SSSR count). The highest BCUT2D eigenvalue weighted by atomic mass is 32.1. The third-order valence-corrected chi connectivity index (χ3v) is 4.87. The predicted octanol–water partition coefficient (Wildman–Crippen LogP) is 4.36. The molecule has 0 aliphatic rings. The van der Waals surface area contributed by atoms with Crippen molar-refractivity contribution >= 4 is 17.4 Å². The first-order chi connectivity index (χ1) is 12.0. The quantitative estimate of drug-likeness (QED) is 0.760. The molecule has 5 nitrogen and oxygen atoms in total. The van der Waals surface area contributed by atoms with Gasteiger partial charge in [-0.25, -0.2) is 9.78 Å². The van der Waals surface area contributed by atoms with Gasteiger partial charge in [-0.3, -0.25) is 0 Å². The van der Waals surface area contributed by atoms with Crippen LogP contribution >= 0.6 is 11.3 Å². The van der Waals surface area contributed by atoms with Crippen LogP contribution in [-0.4, -0.2) is 28.5 Å². The molecule has 1 atom stereocenters. The molecule has 25 heavy (non-hydrogen) atoms. The van der Waals surface area contributed by atoms with Gasteiger partial charge in [0.1, 0.15) is 17.4 Å². The Bertz CT molecular complexity index is 687. The van der Waals surface area contributed by atoms with Crippen LogP contribution in [0, 0.1) is 6.92 Å². The maximum atomic E-state index is 12.3. The fourth-order valence-corrected chi connectivity index (χ4v) is 3.11. The van der Waals surface area contributed by atoms with Gasteiger partial charge in [0.2, 0.25) is 0 Å². The van der Waals surface area contributed by atoms with Gasteiger partial charge in [-0.1, -0.05) is 19.1 Å². The fraction of sp³-hybridized carbons (Fsp3) is 0.474. The standard InChI is InChI=1S/C19H27N3O2S/c1-5-15(4)22(19(23)20-6-2)11-16-13-25-18(21-16)12-24-17-9-7-8-14(3)10-17/h7-10,13,15H,5-6,11-12H2,1-4H3,(H,20,23)/t15-/m1/s1. The molecule has 1 N–H and O–H groups in total. The lowest BCUT2D eigenvalue weighted by molar-refractivity contribution is 0.173. The van der Waals surface area contributed by atoms with Crippen LogP contribution in [0.3, 0.4) is 0 Å². The second-order valence-electron chi connectivity index (χ2n) is 6.06. The summed E-state index contributed by atoms with van der Waals surface area (Å²) in [5, 5.41) is 5.79. The average Bonchev–Trinajstić information content (AvgIpc) is 3.05. The van der Waals surface area contributed by atoms with Crippen LogP contribution in [0.25, 0.3) is 0 Å². The molecule has 0 radical (unpaired) electrons. The zero-order valence-corrected chi connectivity index (χ0v) is 16.2. The van der Waals surface area contributed by atoms with Crippen molar-refractivity contribution in [2.24, 2.45) is 0 Å². The number of ether oxygens (including phenoxy) is 1. The number of carbonyl (C=O) groups is 1. The maximum absolute atomic E-state index is 12.3. The molecule has 0 saturated heterocycles. The van der Waals surface area contributed by atoms with Gasteiger partial charge in [0.15, 0.2) is 0 Å². The van der Waals surface area contributed by atoms with Crippen LogP contribution in [-0.2, 0) is 13.2 Å². The first-order valence-electron chi connectivity index (χ1n) is 8.70. The molecule has 0 aliphatic carbocycles. The number of rotatable bonds is 8. The van der Waals surface area contributed by atoms with E-state index < -0.39 is 0 Å². The minimum atomic E-state index is -0.0394. The van der Waals surface area contributed by atoms with E-state index in [1.807, 2.05) is 48.4 Å². The zero-order chi connectivity index (χ0) is 18.2. The van der Waals surface area contributed by atoms with E-state index in [1.165, 1.54) is 5.56 Å². The van der Waals surface area contributed by atoms with Crippen LogP contribution in [0.4, 0.5) is 4.79 Å². The minimum Gasteiger partial charge on any atom is -0.486 e. The van der Waals surface area contributed by atoms with Crippen molar-refractivity contribution in [3.63, 3.8) is 0 Å². The lowest BCUT2D eigenvalue weighted by Crippen LogP contribution is -2.44. The van der Waals surface area contributed by atoms with Crippen LogP contribution in [0.5, 0.6) is 5.75 Å². The van der Waals surface area contributed by atoms with Gasteiger partial charge in [-0.15, -0.1) is 11.3 Å². The van der Waals surface area contributed by atoms with Crippen molar-refractivity contribution in [1.82, 2.24) is 15.2 Å². The van der Waals surface area contributed by atoms with Crippen LogP contribution < -0.4 is 10.1 Å². The number of amides is 2. The Kier molecular flexibility index (Phi) is 7.25. The molecule has 0 spiro atoms. The Hall–Kier alpha value is -2.08. The lowest BCUT2D eigenvalue weighted by atomic mass is 10.2. The Morgan fingerprint density at radius 1 is 1.40 bits per heavy atom. The molecule has 2 aromatic rings. The average molecular weight is 362 g/mol. The second-order valence-corrected chi connectivity index (χ2v) is 7.00. The number of aromatic nitrogens is 1. The smallest absolute Gasteiger partial charge is 0.317 e. The molecule has 1 aromatic carbocycles. The van der Waals surface area contributed by atoms with Crippen molar-refractivity contribution in [3.05, 3.63) is 45.9 Å². The summed E-state index contributed by atoms with van der Waals surface area (Å²) in [4.78, 5) is 18.7. The highest BCUT2D eigenvalue weighted by Crippen LogP contribution is 2.18. The van der Waals surface area contributed by atoms with E-state index in [0.29, 0.717) is 19.7 Å². The number of carbonyl (C=O) groups excluding carboxylic acids is 1. The number of hydrogen-bond acceptors (Lipinski definition) is 4. The number of nitrogens with one attached hydrogen (secondary N) is 1. The van der Waals surface area contributed by atoms with E-state index in [-0.39, 0.29) is 12.1 Å². The van der Waals surface area contributed by atoms with E-state index in [9.17, 15) is 4.79 Å².